The van der Waals surface area contributed by atoms with Crippen molar-refractivity contribution >= 4 is 17.3 Å². The number of rotatable bonds is 4. The van der Waals surface area contributed by atoms with Crippen LogP contribution in [0.2, 0.25) is 0 Å². The Kier molecular flexibility index (Phi) is 4.39. The number of fused-ring (bicyclic) bond motifs is 1. The monoisotopic (exact) mass is 354 g/mol. The number of hydrogen-bond donors (Lipinski definition) is 2. The van der Waals surface area contributed by atoms with Crippen molar-refractivity contribution in [1.82, 2.24) is 10.3 Å². The molecule has 128 valence electrons. The molecule has 1 aromatic carbocycles. The summed E-state index contributed by atoms with van der Waals surface area (Å²) in [7, 11) is 0. The molecule has 0 saturated carbocycles. The Labute approximate surface area is 149 Å². The van der Waals surface area contributed by atoms with Crippen LogP contribution in [0.15, 0.2) is 57.5 Å². The van der Waals surface area contributed by atoms with Crippen LogP contribution < -0.4 is 15.8 Å². The summed E-state index contributed by atoms with van der Waals surface area (Å²) >= 11 is 1.59. The van der Waals surface area contributed by atoms with Crippen LogP contribution in [-0.2, 0) is 6.54 Å². The van der Waals surface area contributed by atoms with Crippen molar-refractivity contribution < 1.29 is 9.15 Å². The van der Waals surface area contributed by atoms with Crippen molar-refractivity contribution in [3.63, 3.8) is 0 Å². The van der Waals surface area contributed by atoms with Gasteiger partial charge in [-0.2, -0.15) is 0 Å². The van der Waals surface area contributed by atoms with E-state index in [2.05, 4.69) is 15.3 Å². The van der Waals surface area contributed by atoms with Crippen molar-refractivity contribution in [2.75, 3.05) is 6.61 Å². The molecule has 4 rings (SSSR count). The van der Waals surface area contributed by atoms with Gasteiger partial charge in [0, 0.05) is 12.0 Å². The zero-order valence-electron chi connectivity index (χ0n) is 13.5. The van der Waals surface area contributed by atoms with Crippen LogP contribution in [0.25, 0.3) is 10.8 Å². The number of para-hydroxylation sites is 1. The highest BCUT2D eigenvalue weighted by Crippen LogP contribution is 2.31. The maximum atomic E-state index is 6.05. The maximum Gasteiger partial charge on any atom is 0.236 e. The fourth-order valence-electron chi connectivity index (χ4n) is 2.78. The first kappa shape index (κ1) is 15.7. The minimum absolute atomic E-state index is 0.104. The van der Waals surface area contributed by atoms with E-state index in [9.17, 15) is 0 Å². The van der Waals surface area contributed by atoms with Gasteiger partial charge in [0.05, 0.1) is 24.1 Å². The second kappa shape index (κ2) is 6.98. The Hall–Kier alpha value is -2.80. The van der Waals surface area contributed by atoms with E-state index in [0.29, 0.717) is 25.0 Å². The Balaban J connectivity index is 1.41. The highest BCUT2D eigenvalue weighted by Gasteiger charge is 2.21. The molecule has 0 aliphatic carbocycles. The van der Waals surface area contributed by atoms with E-state index >= 15 is 0 Å². The summed E-state index contributed by atoms with van der Waals surface area (Å²) in [5.41, 5.74) is 7.91. The molecule has 0 amide bonds. The fourth-order valence-corrected chi connectivity index (χ4v) is 3.43. The molecule has 3 heterocycles. The van der Waals surface area contributed by atoms with Crippen molar-refractivity contribution in [2.45, 2.75) is 19.0 Å². The average molecular weight is 354 g/mol. The van der Waals surface area contributed by atoms with Gasteiger partial charge in [-0.15, -0.1) is 11.3 Å². The van der Waals surface area contributed by atoms with E-state index < -0.39 is 0 Å². The molecule has 1 aliphatic rings. The van der Waals surface area contributed by atoms with Gasteiger partial charge >= 0.3 is 0 Å². The lowest BCUT2D eigenvalue weighted by atomic mass is 10.0. The predicted octanol–water partition coefficient (Wildman–Crippen LogP) is 3.33. The lowest BCUT2D eigenvalue weighted by Crippen LogP contribution is -2.37. The summed E-state index contributed by atoms with van der Waals surface area (Å²) < 4.78 is 11.2. The Bertz CT molecular complexity index is 873. The second-order valence-electron chi connectivity index (χ2n) is 5.69. The van der Waals surface area contributed by atoms with Crippen LogP contribution in [0.4, 0.5) is 0 Å². The lowest BCUT2D eigenvalue weighted by molar-refractivity contribution is 0.262. The molecule has 3 N–H and O–H groups in total. The van der Waals surface area contributed by atoms with Gasteiger partial charge in [0.15, 0.2) is 5.96 Å². The zero-order valence-corrected chi connectivity index (χ0v) is 14.3. The van der Waals surface area contributed by atoms with Gasteiger partial charge in [0.1, 0.15) is 17.7 Å². The SMILES string of the molecule is NC(=NCc1coc(-c2cccs2)n1)NC1CCOc2ccccc21. The van der Waals surface area contributed by atoms with Crippen molar-refractivity contribution in [2.24, 2.45) is 10.7 Å². The quantitative estimate of drug-likeness (QED) is 0.554. The molecular weight excluding hydrogens is 336 g/mol. The minimum Gasteiger partial charge on any atom is -0.493 e. The molecule has 2 aromatic heterocycles. The summed E-state index contributed by atoms with van der Waals surface area (Å²) in [5, 5.41) is 5.26. The van der Waals surface area contributed by atoms with Gasteiger partial charge in [-0.25, -0.2) is 9.98 Å². The van der Waals surface area contributed by atoms with Crippen LogP contribution in [0.3, 0.4) is 0 Å². The number of ether oxygens (including phenoxy) is 1. The summed E-state index contributed by atoms with van der Waals surface area (Å²) in [6.07, 6.45) is 2.47. The molecule has 7 heteroatoms. The molecule has 1 aliphatic heterocycles. The van der Waals surface area contributed by atoms with Gasteiger partial charge in [0.25, 0.3) is 0 Å². The molecule has 0 saturated heterocycles. The number of oxazole rings is 1. The van der Waals surface area contributed by atoms with Gasteiger partial charge in [-0.1, -0.05) is 24.3 Å². The van der Waals surface area contributed by atoms with Crippen molar-refractivity contribution in [3.8, 4) is 16.5 Å². The van der Waals surface area contributed by atoms with E-state index in [1.807, 2.05) is 41.8 Å². The Morgan fingerprint density at radius 2 is 2.24 bits per heavy atom. The Morgan fingerprint density at radius 3 is 3.12 bits per heavy atom. The number of guanidine groups is 1. The van der Waals surface area contributed by atoms with Crippen LogP contribution in [-0.4, -0.2) is 17.6 Å². The van der Waals surface area contributed by atoms with Gasteiger partial charge in [-0.3, -0.25) is 0 Å². The molecule has 25 heavy (non-hydrogen) atoms. The van der Waals surface area contributed by atoms with Crippen LogP contribution in [0.5, 0.6) is 5.75 Å². The van der Waals surface area contributed by atoms with Gasteiger partial charge < -0.3 is 20.2 Å². The van der Waals surface area contributed by atoms with E-state index in [4.69, 9.17) is 14.9 Å². The normalized spacial score (nSPS) is 17.0. The second-order valence-corrected chi connectivity index (χ2v) is 6.64. The molecule has 6 nitrogen and oxygen atoms in total. The summed E-state index contributed by atoms with van der Waals surface area (Å²) in [5.74, 6) is 1.91. The minimum atomic E-state index is 0.104. The van der Waals surface area contributed by atoms with Crippen molar-refractivity contribution in [1.29, 1.82) is 0 Å². The molecule has 3 aromatic rings. The van der Waals surface area contributed by atoms with E-state index in [1.165, 1.54) is 0 Å². The topological polar surface area (TPSA) is 85.7 Å². The number of nitrogens with zero attached hydrogens (tertiary/aromatic N) is 2. The van der Waals surface area contributed by atoms with Gasteiger partial charge in [0.2, 0.25) is 5.89 Å². The number of nitrogens with one attached hydrogen (secondary N) is 1. The molecule has 0 fully saturated rings. The van der Waals surface area contributed by atoms with Crippen molar-refractivity contribution in [3.05, 3.63) is 59.3 Å². The first-order valence-electron chi connectivity index (χ1n) is 8.06. The standard InChI is InChI=1S/C18H18N4O2S/c19-18(22-14-7-8-23-15-5-2-1-4-13(14)15)20-10-12-11-24-17(21-12)16-6-3-9-25-16/h1-6,9,11,14H,7-8,10H2,(H3,19,20,22). The summed E-state index contributed by atoms with van der Waals surface area (Å²) in [6, 6.07) is 12.0. The molecular formula is C18H18N4O2S. The zero-order chi connectivity index (χ0) is 17.1. The summed E-state index contributed by atoms with van der Waals surface area (Å²) in [6.45, 7) is 1.04. The average Bonchev–Trinajstić information content (AvgIpc) is 3.32. The number of aliphatic imine (C=N–C) groups is 1. The number of aromatic nitrogens is 1. The van der Waals surface area contributed by atoms with E-state index in [1.54, 1.807) is 17.6 Å². The summed E-state index contributed by atoms with van der Waals surface area (Å²) in [4.78, 5) is 9.82. The number of hydrogen-bond acceptors (Lipinski definition) is 5. The smallest absolute Gasteiger partial charge is 0.236 e. The third-order valence-electron chi connectivity index (χ3n) is 3.98. The van der Waals surface area contributed by atoms with Gasteiger partial charge in [-0.05, 0) is 17.5 Å². The van der Waals surface area contributed by atoms with Crippen LogP contribution in [0, 0.1) is 0 Å². The highest BCUT2D eigenvalue weighted by atomic mass is 32.1. The molecule has 0 radical (unpaired) electrons. The van der Waals surface area contributed by atoms with Crippen LogP contribution >= 0.6 is 11.3 Å². The number of nitrogens with two attached hydrogens (primary N) is 1. The van der Waals surface area contributed by atoms with Crippen LogP contribution in [0.1, 0.15) is 23.7 Å². The van der Waals surface area contributed by atoms with E-state index in [-0.39, 0.29) is 6.04 Å². The molecule has 0 bridgehead atoms. The molecule has 0 spiro atoms. The third-order valence-corrected chi connectivity index (χ3v) is 4.83. The van der Waals surface area contributed by atoms with E-state index in [0.717, 1.165) is 28.3 Å². The lowest BCUT2D eigenvalue weighted by Gasteiger charge is -2.26. The number of thiophene rings is 1. The highest BCUT2D eigenvalue weighted by molar-refractivity contribution is 7.13. The third kappa shape index (κ3) is 3.51. The predicted molar refractivity (Wildman–Crippen MR) is 97.6 cm³/mol. The number of benzene rings is 1. The first-order valence-corrected chi connectivity index (χ1v) is 8.94. The fraction of sp³-hybridized carbons (Fsp3) is 0.222. The molecule has 1 atom stereocenters. The molecule has 1 unspecified atom stereocenters. The Morgan fingerprint density at radius 1 is 1.32 bits per heavy atom. The maximum absolute atomic E-state index is 6.05. The first-order chi connectivity index (χ1) is 12.3. The largest absolute Gasteiger partial charge is 0.493 e.